The SMILES string of the molecule is CCCCCCCCCCCCCCCCCCNc1ccc2nc(C)sc2c1. The fourth-order valence-electron chi connectivity index (χ4n) is 4.06. The van der Waals surface area contributed by atoms with E-state index in [1.54, 1.807) is 11.3 Å². The summed E-state index contributed by atoms with van der Waals surface area (Å²) in [7, 11) is 0. The van der Waals surface area contributed by atoms with Gasteiger partial charge in [0.15, 0.2) is 0 Å². The lowest BCUT2D eigenvalue weighted by Gasteiger charge is -2.06. The Hall–Kier alpha value is -1.09. The highest BCUT2D eigenvalue weighted by atomic mass is 32.1. The summed E-state index contributed by atoms with van der Waals surface area (Å²) in [6, 6.07) is 6.54. The second-order valence-corrected chi connectivity index (χ2v) is 9.88. The van der Waals surface area contributed by atoms with Gasteiger partial charge in [-0.05, 0) is 31.5 Å². The monoisotopic (exact) mass is 416 g/mol. The van der Waals surface area contributed by atoms with Gasteiger partial charge in [0.05, 0.1) is 15.2 Å². The number of rotatable bonds is 18. The van der Waals surface area contributed by atoms with Crippen molar-refractivity contribution in [2.45, 2.75) is 117 Å². The average Bonchev–Trinajstić information content (AvgIpc) is 3.09. The Morgan fingerprint density at radius 3 is 1.79 bits per heavy atom. The summed E-state index contributed by atoms with van der Waals surface area (Å²) >= 11 is 1.78. The van der Waals surface area contributed by atoms with Crippen molar-refractivity contribution >= 4 is 27.2 Å². The first-order valence-corrected chi connectivity index (χ1v) is 13.2. The fraction of sp³-hybridized carbons (Fsp3) is 0.731. The van der Waals surface area contributed by atoms with Gasteiger partial charge in [0.1, 0.15) is 0 Å². The molecule has 164 valence electrons. The molecule has 3 heteroatoms. The van der Waals surface area contributed by atoms with Crippen LogP contribution in [0.15, 0.2) is 18.2 Å². The van der Waals surface area contributed by atoms with Gasteiger partial charge in [-0.2, -0.15) is 0 Å². The Kier molecular flexibility index (Phi) is 13.1. The van der Waals surface area contributed by atoms with Gasteiger partial charge in [-0.3, -0.25) is 0 Å². The molecule has 1 N–H and O–H groups in total. The van der Waals surface area contributed by atoms with Crippen LogP contribution >= 0.6 is 11.3 Å². The lowest BCUT2D eigenvalue weighted by atomic mass is 10.0. The van der Waals surface area contributed by atoms with Crippen molar-refractivity contribution in [2.24, 2.45) is 0 Å². The average molecular weight is 417 g/mol. The summed E-state index contributed by atoms with van der Waals surface area (Å²) in [5, 5.41) is 4.72. The number of nitrogens with zero attached hydrogens (tertiary/aromatic N) is 1. The van der Waals surface area contributed by atoms with Crippen LogP contribution in [0.1, 0.15) is 115 Å². The van der Waals surface area contributed by atoms with Crippen LogP contribution in [0.3, 0.4) is 0 Å². The lowest BCUT2D eigenvalue weighted by Crippen LogP contribution is -2.01. The maximum absolute atomic E-state index is 4.53. The fourth-order valence-corrected chi connectivity index (χ4v) is 4.92. The molecule has 0 aliphatic carbocycles. The van der Waals surface area contributed by atoms with E-state index in [4.69, 9.17) is 0 Å². The maximum atomic E-state index is 4.53. The Labute approximate surface area is 183 Å². The molecule has 0 amide bonds. The molecule has 1 aromatic heterocycles. The van der Waals surface area contributed by atoms with E-state index in [1.807, 2.05) is 0 Å². The molecule has 2 nitrogen and oxygen atoms in total. The predicted octanol–water partition coefficient (Wildman–Crippen LogP) is 9.28. The van der Waals surface area contributed by atoms with Gasteiger partial charge in [-0.25, -0.2) is 4.98 Å². The number of aromatic nitrogens is 1. The third-order valence-corrected chi connectivity index (χ3v) is 6.79. The molecule has 0 radical (unpaired) electrons. The minimum absolute atomic E-state index is 1.09. The second kappa shape index (κ2) is 15.7. The largest absolute Gasteiger partial charge is 0.385 e. The molecular formula is C26H44N2S. The Morgan fingerprint density at radius 1 is 0.724 bits per heavy atom. The highest BCUT2D eigenvalue weighted by Crippen LogP contribution is 2.24. The molecule has 1 heterocycles. The van der Waals surface area contributed by atoms with Crippen LogP contribution in [0.5, 0.6) is 0 Å². The van der Waals surface area contributed by atoms with Crippen LogP contribution in [0, 0.1) is 6.92 Å². The molecule has 0 bridgehead atoms. The van der Waals surface area contributed by atoms with Crippen molar-refractivity contribution < 1.29 is 0 Å². The molecule has 0 saturated carbocycles. The van der Waals surface area contributed by atoms with Crippen LogP contribution in [-0.4, -0.2) is 11.5 Å². The first kappa shape index (κ1) is 24.2. The zero-order valence-electron chi connectivity index (χ0n) is 19.1. The zero-order valence-corrected chi connectivity index (χ0v) is 19.9. The third-order valence-electron chi connectivity index (χ3n) is 5.85. The predicted molar refractivity (Wildman–Crippen MR) is 132 cm³/mol. The number of unbranched alkanes of at least 4 members (excludes halogenated alkanes) is 15. The lowest BCUT2D eigenvalue weighted by molar-refractivity contribution is 0.530. The van der Waals surface area contributed by atoms with Crippen molar-refractivity contribution in [3.8, 4) is 0 Å². The van der Waals surface area contributed by atoms with Gasteiger partial charge in [0, 0.05) is 12.2 Å². The summed E-state index contributed by atoms with van der Waals surface area (Å²) in [6.07, 6.45) is 22.8. The minimum atomic E-state index is 1.09. The van der Waals surface area contributed by atoms with Gasteiger partial charge in [-0.1, -0.05) is 103 Å². The standard InChI is InChI=1S/C26H44N2S/c1-3-4-5-6-7-8-9-10-11-12-13-14-15-16-17-18-21-27-24-19-20-25-26(22-24)29-23(2)28-25/h19-20,22,27H,3-18,21H2,1-2H3. The normalized spacial score (nSPS) is 11.4. The molecule has 2 aromatic rings. The van der Waals surface area contributed by atoms with Crippen LogP contribution in [0.25, 0.3) is 10.2 Å². The highest BCUT2D eigenvalue weighted by molar-refractivity contribution is 7.18. The Morgan fingerprint density at radius 2 is 1.24 bits per heavy atom. The van der Waals surface area contributed by atoms with Crippen molar-refractivity contribution in [3.05, 3.63) is 23.2 Å². The van der Waals surface area contributed by atoms with E-state index < -0.39 is 0 Å². The summed E-state index contributed by atoms with van der Waals surface area (Å²) in [5.74, 6) is 0. The first-order valence-electron chi connectivity index (χ1n) is 12.4. The number of nitrogens with one attached hydrogen (secondary N) is 1. The van der Waals surface area contributed by atoms with Gasteiger partial charge in [0.2, 0.25) is 0 Å². The quantitative estimate of drug-likeness (QED) is 0.245. The van der Waals surface area contributed by atoms with Gasteiger partial charge in [-0.15, -0.1) is 11.3 Å². The first-order chi connectivity index (χ1) is 14.3. The number of thiazole rings is 1. The third kappa shape index (κ3) is 11.0. The topological polar surface area (TPSA) is 24.9 Å². The van der Waals surface area contributed by atoms with E-state index in [2.05, 4.69) is 42.3 Å². The molecular weight excluding hydrogens is 372 g/mol. The molecule has 0 spiro atoms. The van der Waals surface area contributed by atoms with Crippen molar-refractivity contribution in [1.82, 2.24) is 4.98 Å². The van der Waals surface area contributed by atoms with E-state index >= 15 is 0 Å². The number of aryl methyl sites for hydroxylation is 1. The Balaban J connectivity index is 1.33. The summed E-state index contributed by atoms with van der Waals surface area (Å²) in [4.78, 5) is 4.53. The number of fused-ring (bicyclic) bond motifs is 1. The number of hydrogen-bond donors (Lipinski definition) is 1. The molecule has 0 atom stereocenters. The highest BCUT2D eigenvalue weighted by Gasteiger charge is 2.01. The smallest absolute Gasteiger partial charge is 0.0907 e. The Bertz CT molecular complexity index is 649. The van der Waals surface area contributed by atoms with Gasteiger partial charge in [0.25, 0.3) is 0 Å². The molecule has 29 heavy (non-hydrogen) atoms. The van der Waals surface area contributed by atoms with Gasteiger partial charge < -0.3 is 5.32 Å². The van der Waals surface area contributed by atoms with Crippen LogP contribution in [0.4, 0.5) is 5.69 Å². The molecule has 0 unspecified atom stereocenters. The molecule has 1 aromatic carbocycles. The van der Waals surface area contributed by atoms with E-state index in [1.165, 1.54) is 113 Å². The van der Waals surface area contributed by atoms with Crippen LogP contribution in [0.2, 0.25) is 0 Å². The molecule has 0 saturated heterocycles. The van der Waals surface area contributed by atoms with Crippen LogP contribution < -0.4 is 5.32 Å². The molecule has 0 aliphatic rings. The molecule has 0 fully saturated rings. The van der Waals surface area contributed by atoms with E-state index in [0.717, 1.165) is 17.1 Å². The van der Waals surface area contributed by atoms with Crippen molar-refractivity contribution in [3.63, 3.8) is 0 Å². The zero-order chi connectivity index (χ0) is 20.6. The molecule has 0 aliphatic heterocycles. The van der Waals surface area contributed by atoms with E-state index in [-0.39, 0.29) is 0 Å². The molecule has 2 rings (SSSR count). The van der Waals surface area contributed by atoms with E-state index in [9.17, 15) is 0 Å². The van der Waals surface area contributed by atoms with Crippen molar-refractivity contribution in [1.29, 1.82) is 0 Å². The number of benzene rings is 1. The van der Waals surface area contributed by atoms with Crippen LogP contribution in [-0.2, 0) is 0 Å². The summed E-state index contributed by atoms with van der Waals surface area (Å²) in [6.45, 7) is 5.46. The number of hydrogen-bond acceptors (Lipinski definition) is 3. The van der Waals surface area contributed by atoms with E-state index in [0.29, 0.717) is 0 Å². The number of anilines is 1. The van der Waals surface area contributed by atoms with Gasteiger partial charge >= 0.3 is 0 Å². The maximum Gasteiger partial charge on any atom is 0.0907 e. The summed E-state index contributed by atoms with van der Waals surface area (Å²) < 4.78 is 1.29. The van der Waals surface area contributed by atoms with Crippen molar-refractivity contribution in [2.75, 3.05) is 11.9 Å². The summed E-state index contributed by atoms with van der Waals surface area (Å²) in [5.41, 5.74) is 2.36. The minimum Gasteiger partial charge on any atom is -0.385 e. The second-order valence-electron chi connectivity index (χ2n) is 8.65.